The Hall–Kier alpha value is -1.79. The van der Waals surface area contributed by atoms with Gasteiger partial charge in [0.1, 0.15) is 0 Å². The molecule has 0 aromatic heterocycles. The van der Waals surface area contributed by atoms with Gasteiger partial charge in [-0.05, 0) is 19.8 Å². The number of nitrogens with one attached hydrogen (secondary N) is 2. The van der Waals surface area contributed by atoms with Gasteiger partial charge in [-0.15, -0.1) is 0 Å². The van der Waals surface area contributed by atoms with E-state index in [0.717, 1.165) is 0 Å². The van der Waals surface area contributed by atoms with E-state index in [4.69, 9.17) is 5.11 Å². The molecule has 0 aromatic rings. The Morgan fingerprint density at radius 1 is 1.26 bits per heavy atom. The molecule has 1 unspecified atom stereocenters. The second kappa shape index (κ2) is 9.18. The number of carbonyl (C=O) groups excluding carboxylic acids is 2. The summed E-state index contributed by atoms with van der Waals surface area (Å²) in [5, 5.41) is 13.8. The first-order valence-corrected chi connectivity index (χ1v) is 6.30. The van der Waals surface area contributed by atoms with Gasteiger partial charge in [-0.2, -0.15) is 0 Å². The minimum atomic E-state index is -0.832. The maximum atomic E-state index is 11.7. The lowest BCUT2D eigenvalue weighted by Gasteiger charge is -2.21. The van der Waals surface area contributed by atoms with Gasteiger partial charge in [-0.3, -0.25) is 9.59 Å². The molecule has 0 radical (unpaired) electrons. The fourth-order valence-corrected chi connectivity index (χ4v) is 1.45. The van der Waals surface area contributed by atoms with Crippen molar-refractivity contribution in [1.29, 1.82) is 0 Å². The number of amides is 3. The molecule has 0 spiro atoms. The summed E-state index contributed by atoms with van der Waals surface area (Å²) in [6.45, 7) is 2.17. The van der Waals surface area contributed by atoms with Crippen molar-refractivity contribution in [3.8, 4) is 0 Å². The van der Waals surface area contributed by atoms with Gasteiger partial charge in [0.25, 0.3) is 0 Å². The Kier molecular flexibility index (Phi) is 8.32. The van der Waals surface area contributed by atoms with E-state index in [1.807, 2.05) is 6.92 Å². The highest BCUT2D eigenvalue weighted by atomic mass is 16.4. The van der Waals surface area contributed by atoms with Crippen LogP contribution < -0.4 is 10.6 Å². The first kappa shape index (κ1) is 17.2. The van der Waals surface area contributed by atoms with Crippen LogP contribution in [0.25, 0.3) is 0 Å². The molecule has 0 aliphatic heterocycles. The van der Waals surface area contributed by atoms with E-state index in [1.165, 1.54) is 4.90 Å². The summed E-state index contributed by atoms with van der Waals surface area (Å²) in [6, 6.07) is -0.346. The van der Waals surface area contributed by atoms with Gasteiger partial charge in [-0.25, -0.2) is 4.79 Å². The molecule has 0 bridgehead atoms. The number of nitrogens with zero attached hydrogens (tertiary/aromatic N) is 1. The van der Waals surface area contributed by atoms with Crippen LogP contribution in [-0.4, -0.2) is 54.6 Å². The average molecular weight is 273 g/mol. The van der Waals surface area contributed by atoms with Gasteiger partial charge in [0.2, 0.25) is 5.91 Å². The molecule has 19 heavy (non-hydrogen) atoms. The maximum Gasteiger partial charge on any atom is 0.317 e. The summed E-state index contributed by atoms with van der Waals surface area (Å²) >= 11 is 0. The molecular weight excluding hydrogens is 250 g/mol. The van der Waals surface area contributed by atoms with Crippen LogP contribution in [0.4, 0.5) is 4.79 Å². The zero-order chi connectivity index (χ0) is 14.8. The van der Waals surface area contributed by atoms with E-state index in [2.05, 4.69) is 10.6 Å². The molecule has 7 heteroatoms. The number of carboxylic acid groups (broad SMARTS) is 1. The third-order valence-corrected chi connectivity index (χ3v) is 2.70. The number of hydrogen-bond donors (Lipinski definition) is 3. The molecule has 0 heterocycles. The highest BCUT2D eigenvalue weighted by molar-refractivity contribution is 5.78. The molecule has 3 N–H and O–H groups in total. The van der Waals surface area contributed by atoms with Gasteiger partial charge in [-0.1, -0.05) is 0 Å². The number of urea groups is 1. The predicted molar refractivity (Wildman–Crippen MR) is 70.8 cm³/mol. The third-order valence-electron chi connectivity index (χ3n) is 2.70. The second-order valence-corrected chi connectivity index (χ2v) is 4.48. The molecule has 0 aromatic carbocycles. The van der Waals surface area contributed by atoms with Crippen LogP contribution in [0.2, 0.25) is 0 Å². The molecule has 3 amide bonds. The Balaban J connectivity index is 3.87. The van der Waals surface area contributed by atoms with Crippen LogP contribution in [0.5, 0.6) is 0 Å². The van der Waals surface area contributed by atoms with E-state index < -0.39 is 5.97 Å². The van der Waals surface area contributed by atoms with Gasteiger partial charge >= 0.3 is 12.0 Å². The number of carboxylic acids is 1. The monoisotopic (exact) mass is 273 g/mol. The first-order valence-electron chi connectivity index (χ1n) is 6.30. The summed E-state index contributed by atoms with van der Waals surface area (Å²) in [6.07, 6.45) is 1.50. The molecule has 0 fully saturated rings. The predicted octanol–water partition coefficient (Wildman–Crippen LogP) is 0.407. The first-order chi connectivity index (χ1) is 8.86. The van der Waals surface area contributed by atoms with Crippen LogP contribution in [0.3, 0.4) is 0 Å². The Morgan fingerprint density at radius 2 is 1.89 bits per heavy atom. The van der Waals surface area contributed by atoms with E-state index >= 15 is 0 Å². The minimum absolute atomic E-state index is 0.0886. The van der Waals surface area contributed by atoms with Crippen molar-refractivity contribution in [2.24, 2.45) is 0 Å². The molecule has 0 aliphatic rings. The highest BCUT2D eigenvalue weighted by Gasteiger charge is 2.13. The Morgan fingerprint density at radius 3 is 2.42 bits per heavy atom. The molecule has 0 rings (SSSR count). The number of hydrogen-bond acceptors (Lipinski definition) is 3. The number of aliphatic carboxylic acids is 1. The zero-order valence-electron chi connectivity index (χ0n) is 11.7. The SMILES string of the molecule is CNC(=O)CCN(C)C(=O)NC(C)CCCC(=O)O. The summed E-state index contributed by atoms with van der Waals surface area (Å²) in [5.41, 5.74) is 0. The van der Waals surface area contributed by atoms with E-state index in [-0.39, 0.29) is 30.8 Å². The summed E-state index contributed by atoms with van der Waals surface area (Å²) < 4.78 is 0. The summed E-state index contributed by atoms with van der Waals surface area (Å²) in [4.78, 5) is 34.5. The topological polar surface area (TPSA) is 98.7 Å². The molecule has 7 nitrogen and oxygen atoms in total. The van der Waals surface area contributed by atoms with Crippen LogP contribution in [0.15, 0.2) is 0 Å². The average Bonchev–Trinajstić information content (AvgIpc) is 2.34. The molecule has 0 saturated heterocycles. The van der Waals surface area contributed by atoms with Crippen molar-refractivity contribution in [2.75, 3.05) is 20.6 Å². The molecular formula is C12H23N3O4. The van der Waals surface area contributed by atoms with Crippen molar-refractivity contribution in [1.82, 2.24) is 15.5 Å². The maximum absolute atomic E-state index is 11.7. The van der Waals surface area contributed by atoms with Crippen LogP contribution in [0, 0.1) is 0 Å². The zero-order valence-corrected chi connectivity index (χ0v) is 11.7. The lowest BCUT2D eigenvalue weighted by atomic mass is 10.1. The van der Waals surface area contributed by atoms with Crippen molar-refractivity contribution in [3.63, 3.8) is 0 Å². The fourth-order valence-electron chi connectivity index (χ4n) is 1.45. The van der Waals surface area contributed by atoms with Crippen LogP contribution >= 0.6 is 0 Å². The normalized spacial score (nSPS) is 11.5. The van der Waals surface area contributed by atoms with Gasteiger partial charge in [0.05, 0.1) is 0 Å². The van der Waals surface area contributed by atoms with Crippen molar-refractivity contribution < 1.29 is 19.5 Å². The van der Waals surface area contributed by atoms with Crippen molar-refractivity contribution in [3.05, 3.63) is 0 Å². The lowest BCUT2D eigenvalue weighted by molar-refractivity contribution is -0.137. The summed E-state index contributed by atoms with van der Waals surface area (Å²) in [5.74, 6) is -0.949. The summed E-state index contributed by atoms with van der Waals surface area (Å²) in [7, 11) is 3.16. The number of carbonyl (C=O) groups is 3. The van der Waals surface area contributed by atoms with Crippen molar-refractivity contribution >= 4 is 17.9 Å². The van der Waals surface area contributed by atoms with E-state index in [9.17, 15) is 14.4 Å². The smallest absolute Gasteiger partial charge is 0.317 e. The van der Waals surface area contributed by atoms with Crippen LogP contribution in [0.1, 0.15) is 32.6 Å². The number of rotatable bonds is 8. The molecule has 1 atom stereocenters. The largest absolute Gasteiger partial charge is 0.481 e. The van der Waals surface area contributed by atoms with E-state index in [1.54, 1.807) is 14.1 Å². The van der Waals surface area contributed by atoms with Gasteiger partial charge in [0, 0.05) is 39.5 Å². The van der Waals surface area contributed by atoms with Crippen molar-refractivity contribution in [2.45, 2.75) is 38.6 Å². The quantitative estimate of drug-likeness (QED) is 0.596. The highest BCUT2D eigenvalue weighted by Crippen LogP contribution is 2.01. The standard InChI is InChI=1S/C12H23N3O4/c1-9(5-4-6-11(17)18)14-12(19)15(3)8-7-10(16)13-2/h9H,4-8H2,1-3H3,(H,13,16)(H,14,19)(H,17,18). The second-order valence-electron chi connectivity index (χ2n) is 4.48. The van der Waals surface area contributed by atoms with Gasteiger partial charge in [0.15, 0.2) is 0 Å². The van der Waals surface area contributed by atoms with Gasteiger partial charge < -0.3 is 20.6 Å². The Bertz CT molecular complexity index is 320. The van der Waals surface area contributed by atoms with Crippen LogP contribution in [-0.2, 0) is 9.59 Å². The molecule has 110 valence electrons. The minimum Gasteiger partial charge on any atom is -0.481 e. The Labute approximate surface area is 113 Å². The van der Waals surface area contributed by atoms with E-state index in [0.29, 0.717) is 19.4 Å². The lowest BCUT2D eigenvalue weighted by Crippen LogP contribution is -2.43. The molecule has 0 saturated carbocycles. The fraction of sp³-hybridized carbons (Fsp3) is 0.750. The third kappa shape index (κ3) is 8.87. The molecule has 0 aliphatic carbocycles.